The molecule has 25 heavy (non-hydrogen) atoms. The van der Waals surface area contributed by atoms with Crippen molar-refractivity contribution >= 4 is 28.7 Å². The molecule has 0 radical (unpaired) electrons. The third kappa shape index (κ3) is 5.10. The van der Waals surface area contributed by atoms with Gasteiger partial charge in [0, 0.05) is 6.04 Å². The number of nitrogens with zero attached hydrogens (tertiary/aromatic N) is 1. The number of H-pyrrole nitrogens is 1. The highest BCUT2D eigenvalue weighted by atomic mass is 32.2. The minimum atomic E-state index is 0.0437. The van der Waals surface area contributed by atoms with Crippen molar-refractivity contribution in [1.82, 2.24) is 15.3 Å². The zero-order chi connectivity index (χ0) is 17.6. The lowest BCUT2D eigenvalue weighted by Gasteiger charge is -2.13. The molecule has 1 aromatic heterocycles. The average Bonchev–Trinajstić information content (AvgIpc) is 3.01. The summed E-state index contributed by atoms with van der Waals surface area (Å²) in [6.45, 7) is 4.10. The number of aromatic nitrogens is 2. The predicted molar refractivity (Wildman–Crippen MR) is 104 cm³/mol. The smallest absolute Gasteiger partial charge is 0.230 e. The number of rotatable bonds is 7. The van der Waals surface area contributed by atoms with Crippen molar-refractivity contribution in [3.05, 3.63) is 59.7 Å². The van der Waals surface area contributed by atoms with Crippen LogP contribution in [0.25, 0.3) is 11.0 Å². The van der Waals surface area contributed by atoms with Gasteiger partial charge in [0.05, 0.1) is 16.8 Å². The number of aromatic amines is 1. The lowest BCUT2D eigenvalue weighted by molar-refractivity contribution is -0.119. The van der Waals surface area contributed by atoms with Gasteiger partial charge < -0.3 is 10.3 Å². The number of benzene rings is 2. The number of carbonyl (C=O) groups excluding carboxylic acids is 1. The van der Waals surface area contributed by atoms with Crippen LogP contribution in [0.1, 0.15) is 24.5 Å². The Labute approximate surface area is 152 Å². The minimum Gasteiger partial charge on any atom is -0.353 e. The summed E-state index contributed by atoms with van der Waals surface area (Å²) < 4.78 is 0. The molecule has 2 N–H and O–H groups in total. The molecule has 0 unspecified atom stereocenters. The minimum absolute atomic E-state index is 0.0437. The molecule has 1 amide bonds. The highest BCUT2D eigenvalue weighted by Crippen LogP contribution is 2.20. The number of aryl methyl sites for hydroxylation is 2. The van der Waals surface area contributed by atoms with E-state index in [-0.39, 0.29) is 11.9 Å². The van der Waals surface area contributed by atoms with Gasteiger partial charge in [-0.15, -0.1) is 0 Å². The van der Waals surface area contributed by atoms with Crippen LogP contribution in [-0.2, 0) is 11.2 Å². The molecule has 1 atom stereocenters. The van der Waals surface area contributed by atoms with E-state index < -0.39 is 0 Å². The summed E-state index contributed by atoms with van der Waals surface area (Å²) in [5.74, 6) is 0.413. The Bertz CT molecular complexity index is 845. The maximum absolute atomic E-state index is 12.1. The van der Waals surface area contributed by atoms with Crippen molar-refractivity contribution in [2.45, 2.75) is 37.9 Å². The van der Waals surface area contributed by atoms with Gasteiger partial charge in [0.1, 0.15) is 0 Å². The Morgan fingerprint density at radius 1 is 1.24 bits per heavy atom. The Kier molecular flexibility index (Phi) is 5.76. The van der Waals surface area contributed by atoms with Crippen LogP contribution >= 0.6 is 11.8 Å². The van der Waals surface area contributed by atoms with Gasteiger partial charge >= 0.3 is 0 Å². The molecule has 1 heterocycles. The summed E-state index contributed by atoms with van der Waals surface area (Å²) in [4.78, 5) is 19.9. The van der Waals surface area contributed by atoms with Crippen molar-refractivity contribution in [2.75, 3.05) is 5.75 Å². The number of imidazole rings is 1. The fraction of sp³-hybridized carbons (Fsp3) is 0.300. The van der Waals surface area contributed by atoms with Crippen LogP contribution in [0, 0.1) is 6.92 Å². The van der Waals surface area contributed by atoms with E-state index in [2.05, 4.69) is 47.3 Å². The molecule has 4 nitrogen and oxygen atoms in total. The van der Waals surface area contributed by atoms with Crippen molar-refractivity contribution in [3.8, 4) is 0 Å². The number of nitrogens with one attached hydrogen (secondary N) is 2. The first-order valence-corrected chi connectivity index (χ1v) is 9.51. The van der Waals surface area contributed by atoms with Crippen LogP contribution in [0.15, 0.2) is 53.7 Å². The molecule has 130 valence electrons. The third-order valence-corrected chi connectivity index (χ3v) is 4.95. The van der Waals surface area contributed by atoms with Gasteiger partial charge in [-0.3, -0.25) is 4.79 Å². The second kappa shape index (κ2) is 8.21. The monoisotopic (exact) mass is 353 g/mol. The van der Waals surface area contributed by atoms with Gasteiger partial charge in [-0.05, 0) is 49.9 Å². The van der Waals surface area contributed by atoms with Crippen molar-refractivity contribution in [1.29, 1.82) is 0 Å². The average molecular weight is 353 g/mol. The van der Waals surface area contributed by atoms with Crippen molar-refractivity contribution in [2.24, 2.45) is 0 Å². The van der Waals surface area contributed by atoms with Gasteiger partial charge in [0.15, 0.2) is 5.16 Å². The van der Waals surface area contributed by atoms with E-state index in [1.807, 2.05) is 30.3 Å². The number of fused-ring (bicyclic) bond motifs is 1. The SMILES string of the molecule is Cc1ccc2nc(SCC(=O)N[C@@H](C)CCc3ccccc3)[nH]c2c1. The molecule has 0 aliphatic carbocycles. The molecule has 5 heteroatoms. The molecular weight excluding hydrogens is 330 g/mol. The first-order chi connectivity index (χ1) is 12.1. The second-order valence-corrected chi connectivity index (χ2v) is 7.31. The van der Waals surface area contributed by atoms with Crippen LogP contribution < -0.4 is 5.32 Å². The maximum Gasteiger partial charge on any atom is 0.230 e. The van der Waals surface area contributed by atoms with E-state index in [0.717, 1.165) is 29.0 Å². The van der Waals surface area contributed by atoms with E-state index in [9.17, 15) is 4.79 Å². The summed E-state index contributed by atoms with van der Waals surface area (Å²) in [5, 5.41) is 3.85. The number of amides is 1. The first-order valence-electron chi connectivity index (χ1n) is 8.52. The van der Waals surface area contributed by atoms with Crippen LogP contribution in [0.2, 0.25) is 0 Å². The van der Waals surface area contributed by atoms with Gasteiger partial charge in [0.25, 0.3) is 0 Å². The van der Waals surface area contributed by atoms with Gasteiger partial charge in [-0.2, -0.15) is 0 Å². The lowest BCUT2D eigenvalue weighted by atomic mass is 10.1. The van der Waals surface area contributed by atoms with Crippen LogP contribution in [-0.4, -0.2) is 27.7 Å². The van der Waals surface area contributed by atoms with Crippen molar-refractivity contribution in [3.63, 3.8) is 0 Å². The van der Waals surface area contributed by atoms with Crippen LogP contribution in [0.4, 0.5) is 0 Å². The summed E-state index contributed by atoms with van der Waals surface area (Å²) in [6.07, 6.45) is 1.91. The van der Waals surface area contributed by atoms with E-state index in [0.29, 0.717) is 5.75 Å². The lowest BCUT2D eigenvalue weighted by Crippen LogP contribution is -2.34. The van der Waals surface area contributed by atoms with Crippen LogP contribution in [0.5, 0.6) is 0 Å². The topological polar surface area (TPSA) is 57.8 Å². The third-order valence-electron chi connectivity index (χ3n) is 4.07. The number of hydrogen-bond acceptors (Lipinski definition) is 3. The second-order valence-electron chi connectivity index (χ2n) is 6.34. The molecule has 0 aliphatic heterocycles. The summed E-state index contributed by atoms with van der Waals surface area (Å²) in [6, 6.07) is 16.6. The Balaban J connectivity index is 1.45. The predicted octanol–water partition coefficient (Wildman–Crippen LogP) is 4.10. The number of hydrogen-bond donors (Lipinski definition) is 2. The normalized spacial score (nSPS) is 12.2. The molecule has 0 bridgehead atoms. The molecule has 2 aromatic carbocycles. The maximum atomic E-state index is 12.1. The van der Waals surface area contributed by atoms with Gasteiger partial charge in [-0.1, -0.05) is 48.2 Å². The van der Waals surface area contributed by atoms with E-state index in [4.69, 9.17) is 0 Å². The van der Waals surface area contributed by atoms with E-state index in [1.54, 1.807) is 0 Å². The Morgan fingerprint density at radius 2 is 2.04 bits per heavy atom. The van der Waals surface area contributed by atoms with Crippen LogP contribution in [0.3, 0.4) is 0 Å². The van der Waals surface area contributed by atoms with Gasteiger partial charge in [-0.25, -0.2) is 4.98 Å². The molecule has 0 saturated carbocycles. The molecular formula is C20H23N3OS. The number of thioether (sulfide) groups is 1. The molecule has 0 spiro atoms. The summed E-state index contributed by atoms with van der Waals surface area (Å²) in [5.41, 5.74) is 4.44. The fourth-order valence-electron chi connectivity index (χ4n) is 2.72. The quantitative estimate of drug-likeness (QED) is 0.629. The molecule has 3 aromatic rings. The largest absolute Gasteiger partial charge is 0.353 e. The summed E-state index contributed by atoms with van der Waals surface area (Å²) in [7, 11) is 0. The van der Waals surface area contributed by atoms with E-state index in [1.165, 1.54) is 22.9 Å². The standard InChI is InChI=1S/C20H23N3OS/c1-14-8-11-17-18(12-14)23-20(22-17)25-13-19(24)21-15(2)9-10-16-6-4-3-5-7-16/h3-8,11-12,15H,9-10,13H2,1-2H3,(H,21,24)(H,22,23)/t15-/m0/s1. The highest BCUT2D eigenvalue weighted by Gasteiger charge is 2.10. The Hall–Kier alpha value is -2.27. The fourth-order valence-corrected chi connectivity index (χ4v) is 3.41. The molecule has 0 saturated heterocycles. The Morgan fingerprint density at radius 3 is 2.84 bits per heavy atom. The molecule has 3 rings (SSSR count). The molecule has 0 fully saturated rings. The highest BCUT2D eigenvalue weighted by molar-refractivity contribution is 7.99. The zero-order valence-corrected chi connectivity index (χ0v) is 15.4. The van der Waals surface area contributed by atoms with E-state index >= 15 is 0 Å². The molecule has 0 aliphatic rings. The first kappa shape index (κ1) is 17.5. The zero-order valence-electron chi connectivity index (χ0n) is 14.6. The summed E-state index contributed by atoms with van der Waals surface area (Å²) >= 11 is 1.44. The van der Waals surface area contributed by atoms with Crippen molar-refractivity contribution < 1.29 is 4.79 Å². The number of carbonyl (C=O) groups is 1. The van der Waals surface area contributed by atoms with Gasteiger partial charge in [0.2, 0.25) is 5.91 Å².